The molecule has 0 bridgehead atoms. The Morgan fingerprint density at radius 3 is 2.62 bits per heavy atom. The SMILES string of the molecule is CNC(Cc1ccc(F)c(Br)c1)c1cc(C)ccc1OC. The Bertz CT molecular complexity index is 630. The lowest BCUT2D eigenvalue weighted by Crippen LogP contribution is -2.19. The highest BCUT2D eigenvalue weighted by molar-refractivity contribution is 9.10. The highest BCUT2D eigenvalue weighted by atomic mass is 79.9. The van der Waals surface area contributed by atoms with Crippen molar-refractivity contribution in [2.45, 2.75) is 19.4 Å². The molecule has 0 aliphatic carbocycles. The zero-order valence-corrected chi connectivity index (χ0v) is 14.0. The second kappa shape index (κ2) is 7.05. The maximum Gasteiger partial charge on any atom is 0.137 e. The quantitative estimate of drug-likeness (QED) is 0.861. The van der Waals surface area contributed by atoms with Crippen LogP contribution < -0.4 is 10.1 Å². The Hall–Kier alpha value is -1.39. The van der Waals surface area contributed by atoms with Crippen molar-refractivity contribution < 1.29 is 9.13 Å². The summed E-state index contributed by atoms with van der Waals surface area (Å²) in [7, 11) is 3.60. The molecule has 0 radical (unpaired) electrons. The largest absolute Gasteiger partial charge is 0.496 e. The molecule has 0 saturated carbocycles. The Labute approximate surface area is 133 Å². The standard InChI is InChI=1S/C17H19BrFNO/c1-11-4-7-17(21-3)13(8-11)16(20-2)10-12-5-6-15(19)14(18)9-12/h4-9,16,20H,10H2,1-3H3. The van der Waals surface area contributed by atoms with Crippen LogP contribution >= 0.6 is 15.9 Å². The molecule has 1 N–H and O–H groups in total. The molecule has 1 atom stereocenters. The summed E-state index contributed by atoms with van der Waals surface area (Å²) in [6.07, 6.45) is 0.759. The fourth-order valence-corrected chi connectivity index (χ4v) is 2.82. The molecule has 2 nitrogen and oxygen atoms in total. The van der Waals surface area contributed by atoms with Crippen LogP contribution in [-0.4, -0.2) is 14.2 Å². The highest BCUT2D eigenvalue weighted by Gasteiger charge is 2.16. The number of hydrogen-bond acceptors (Lipinski definition) is 2. The van der Waals surface area contributed by atoms with Crippen molar-refractivity contribution in [2.24, 2.45) is 0 Å². The van der Waals surface area contributed by atoms with Crippen LogP contribution in [-0.2, 0) is 6.42 Å². The van der Waals surface area contributed by atoms with Crippen LogP contribution in [0.2, 0.25) is 0 Å². The summed E-state index contributed by atoms with van der Waals surface area (Å²) in [6, 6.07) is 11.4. The van der Waals surface area contributed by atoms with E-state index >= 15 is 0 Å². The van der Waals surface area contributed by atoms with Gasteiger partial charge in [0.25, 0.3) is 0 Å². The number of ether oxygens (including phenoxy) is 1. The van der Waals surface area contributed by atoms with Crippen LogP contribution in [0.5, 0.6) is 5.75 Å². The van der Waals surface area contributed by atoms with Gasteiger partial charge in [-0.1, -0.05) is 23.8 Å². The lowest BCUT2D eigenvalue weighted by atomic mass is 9.97. The Balaban J connectivity index is 2.31. The molecule has 112 valence electrons. The Morgan fingerprint density at radius 2 is 2.00 bits per heavy atom. The van der Waals surface area contributed by atoms with E-state index < -0.39 is 0 Å². The zero-order chi connectivity index (χ0) is 15.4. The van der Waals surface area contributed by atoms with Gasteiger partial charge in [-0.2, -0.15) is 0 Å². The number of halogens is 2. The molecule has 4 heteroatoms. The van der Waals surface area contributed by atoms with Gasteiger partial charge in [0.2, 0.25) is 0 Å². The third-order valence-corrected chi connectivity index (χ3v) is 4.14. The third kappa shape index (κ3) is 3.83. The number of hydrogen-bond donors (Lipinski definition) is 1. The van der Waals surface area contributed by atoms with E-state index in [9.17, 15) is 4.39 Å². The van der Waals surface area contributed by atoms with Gasteiger partial charge < -0.3 is 10.1 Å². The zero-order valence-electron chi connectivity index (χ0n) is 12.4. The second-order valence-electron chi connectivity index (χ2n) is 5.04. The minimum Gasteiger partial charge on any atom is -0.496 e. The van der Waals surface area contributed by atoms with E-state index in [0.29, 0.717) is 4.47 Å². The summed E-state index contributed by atoms with van der Waals surface area (Å²) >= 11 is 3.23. The summed E-state index contributed by atoms with van der Waals surface area (Å²) in [5.74, 6) is 0.619. The van der Waals surface area contributed by atoms with Crippen LogP contribution in [0.15, 0.2) is 40.9 Å². The molecule has 2 aromatic rings. The molecule has 0 spiro atoms. The lowest BCUT2D eigenvalue weighted by Gasteiger charge is -2.20. The first-order valence-corrected chi connectivity index (χ1v) is 7.60. The Morgan fingerprint density at radius 1 is 1.24 bits per heavy atom. The van der Waals surface area contributed by atoms with Gasteiger partial charge in [-0.25, -0.2) is 4.39 Å². The smallest absolute Gasteiger partial charge is 0.137 e. The van der Waals surface area contributed by atoms with Gasteiger partial charge in [-0.05, 0) is 60.1 Å². The van der Waals surface area contributed by atoms with Crippen molar-refractivity contribution in [3.05, 3.63) is 63.4 Å². The van der Waals surface area contributed by atoms with Crippen LogP contribution in [0.4, 0.5) is 4.39 Å². The number of nitrogens with one attached hydrogen (secondary N) is 1. The minimum absolute atomic E-state index is 0.109. The molecule has 2 aromatic carbocycles. The summed E-state index contributed by atoms with van der Waals surface area (Å²) in [5.41, 5.74) is 3.36. The summed E-state index contributed by atoms with van der Waals surface area (Å²) < 4.78 is 19.3. The van der Waals surface area contributed by atoms with E-state index in [-0.39, 0.29) is 11.9 Å². The van der Waals surface area contributed by atoms with Gasteiger partial charge in [0, 0.05) is 11.6 Å². The molecule has 0 fully saturated rings. The summed E-state index contributed by atoms with van der Waals surface area (Å²) in [4.78, 5) is 0. The third-order valence-electron chi connectivity index (χ3n) is 3.53. The normalized spacial score (nSPS) is 12.2. The van der Waals surface area contributed by atoms with Gasteiger partial charge >= 0.3 is 0 Å². The van der Waals surface area contributed by atoms with Crippen LogP contribution in [0.25, 0.3) is 0 Å². The van der Waals surface area contributed by atoms with E-state index in [0.717, 1.165) is 23.3 Å². The topological polar surface area (TPSA) is 21.3 Å². The molecular weight excluding hydrogens is 333 g/mol. The van der Waals surface area contributed by atoms with E-state index in [1.165, 1.54) is 11.6 Å². The maximum absolute atomic E-state index is 13.3. The average Bonchev–Trinajstić information content (AvgIpc) is 2.48. The van der Waals surface area contributed by atoms with Gasteiger partial charge in [0.1, 0.15) is 11.6 Å². The van der Waals surface area contributed by atoms with Crippen molar-refractivity contribution in [1.29, 1.82) is 0 Å². The van der Waals surface area contributed by atoms with E-state index in [1.54, 1.807) is 7.11 Å². The first-order chi connectivity index (χ1) is 10.0. The minimum atomic E-state index is -0.243. The maximum atomic E-state index is 13.3. The predicted molar refractivity (Wildman–Crippen MR) is 87.3 cm³/mol. The summed E-state index contributed by atoms with van der Waals surface area (Å²) in [6.45, 7) is 2.06. The number of aryl methyl sites for hydroxylation is 1. The van der Waals surface area contributed by atoms with Gasteiger partial charge in [-0.15, -0.1) is 0 Å². The van der Waals surface area contributed by atoms with Gasteiger partial charge in [0.15, 0.2) is 0 Å². The molecule has 0 aromatic heterocycles. The molecule has 0 amide bonds. The van der Waals surface area contributed by atoms with Crippen LogP contribution in [0.3, 0.4) is 0 Å². The van der Waals surface area contributed by atoms with Crippen molar-refractivity contribution in [3.63, 3.8) is 0 Å². The molecule has 0 aliphatic heterocycles. The number of likely N-dealkylation sites (N-methyl/N-ethyl adjacent to an activating group) is 1. The molecular formula is C17H19BrFNO. The molecule has 21 heavy (non-hydrogen) atoms. The average molecular weight is 352 g/mol. The highest BCUT2D eigenvalue weighted by Crippen LogP contribution is 2.29. The monoisotopic (exact) mass is 351 g/mol. The van der Waals surface area contributed by atoms with Crippen molar-refractivity contribution >= 4 is 15.9 Å². The first kappa shape index (κ1) is 16.0. The lowest BCUT2D eigenvalue weighted by molar-refractivity contribution is 0.401. The van der Waals surface area contributed by atoms with Crippen molar-refractivity contribution in [2.75, 3.05) is 14.2 Å². The fraction of sp³-hybridized carbons (Fsp3) is 0.294. The van der Waals surface area contributed by atoms with Gasteiger partial charge in [0.05, 0.1) is 11.6 Å². The van der Waals surface area contributed by atoms with Crippen LogP contribution in [0.1, 0.15) is 22.7 Å². The molecule has 1 unspecified atom stereocenters. The first-order valence-electron chi connectivity index (χ1n) is 6.81. The van der Waals surface area contributed by atoms with E-state index in [1.807, 2.05) is 31.3 Å². The molecule has 2 rings (SSSR count). The van der Waals surface area contributed by atoms with Crippen molar-refractivity contribution in [3.8, 4) is 5.75 Å². The number of benzene rings is 2. The predicted octanol–water partition coefficient (Wildman–Crippen LogP) is 4.41. The molecule has 0 aliphatic rings. The van der Waals surface area contributed by atoms with E-state index in [2.05, 4.69) is 34.2 Å². The second-order valence-corrected chi connectivity index (χ2v) is 5.89. The van der Waals surface area contributed by atoms with E-state index in [4.69, 9.17) is 4.74 Å². The number of methoxy groups -OCH3 is 1. The summed E-state index contributed by atoms with van der Waals surface area (Å²) in [5, 5.41) is 3.31. The number of rotatable bonds is 5. The van der Waals surface area contributed by atoms with Gasteiger partial charge in [-0.3, -0.25) is 0 Å². The Kier molecular flexibility index (Phi) is 5.37. The molecule has 0 heterocycles. The molecule has 0 saturated heterocycles. The van der Waals surface area contributed by atoms with Crippen LogP contribution in [0, 0.1) is 12.7 Å². The van der Waals surface area contributed by atoms with Crippen molar-refractivity contribution in [1.82, 2.24) is 5.32 Å². The fourth-order valence-electron chi connectivity index (χ4n) is 2.40.